The summed E-state index contributed by atoms with van der Waals surface area (Å²) in [6, 6.07) is 5.04. The smallest absolute Gasteiger partial charge is 0.0627 e. The van der Waals surface area contributed by atoms with Crippen LogP contribution in [0.1, 0.15) is 11.6 Å². The minimum atomic E-state index is -0.195. The van der Waals surface area contributed by atoms with Gasteiger partial charge in [0.25, 0.3) is 0 Å². The summed E-state index contributed by atoms with van der Waals surface area (Å²) in [5, 5.41) is 13.6. The van der Waals surface area contributed by atoms with Gasteiger partial charge in [0.05, 0.1) is 19.3 Å². The highest BCUT2D eigenvalue weighted by Crippen LogP contribution is 2.25. The largest absolute Gasteiger partial charge is 0.394 e. The Morgan fingerprint density at radius 3 is 2.75 bits per heavy atom. The van der Waals surface area contributed by atoms with E-state index in [4.69, 9.17) is 27.9 Å². The first-order valence-corrected chi connectivity index (χ1v) is 5.72. The van der Waals surface area contributed by atoms with Crippen LogP contribution in [0, 0.1) is 0 Å². The highest BCUT2D eigenvalue weighted by atomic mass is 35.5. The van der Waals surface area contributed by atoms with Gasteiger partial charge < -0.3 is 15.2 Å². The first-order chi connectivity index (χ1) is 7.69. The lowest BCUT2D eigenvalue weighted by Crippen LogP contribution is -2.27. The van der Waals surface area contributed by atoms with Crippen LogP contribution in [0.3, 0.4) is 0 Å². The lowest BCUT2D eigenvalue weighted by molar-refractivity contribution is 0.184. The molecule has 0 radical (unpaired) electrons. The molecule has 0 amide bonds. The number of hydrogen-bond donors (Lipinski definition) is 2. The molecule has 0 saturated carbocycles. The molecule has 1 aromatic carbocycles. The molecular weight excluding hydrogens is 249 g/mol. The van der Waals surface area contributed by atoms with Crippen molar-refractivity contribution in [2.24, 2.45) is 0 Å². The summed E-state index contributed by atoms with van der Waals surface area (Å²) in [6.07, 6.45) is 0. The van der Waals surface area contributed by atoms with E-state index in [0.717, 1.165) is 5.56 Å². The number of aliphatic hydroxyl groups is 1. The fourth-order valence-corrected chi connectivity index (χ4v) is 1.93. The van der Waals surface area contributed by atoms with E-state index in [1.165, 1.54) is 0 Å². The lowest BCUT2D eigenvalue weighted by atomic mass is 10.1. The molecule has 2 N–H and O–H groups in total. The fraction of sp³-hybridized carbons (Fsp3) is 0.455. The van der Waals surface area contributed by atoms with Crippen LogP contribution >= 0.6 is 23.2 Å². The second kappa shape index (κ2) is 7.09. The third-order valence-corrected chi connectivity index (χ3v) is 2.78. The van der Waals surface area contributed by atoms with Gasteiger partial charge in [0.1, 0.15) is 0 Å². The van der Waals surface area contributed by atoms with Crippen LogP contribution in [-0.2, 0) is 4.74 Å². The summed E-state index contributed by atoms with van der Waals surface area (Å²) in [5.74, 6) is 0. The van der Waals surface area contributed by atoms with E-state index >= 15 is 0 Å². The first kappa shape index (κ1) is 13.7. The van der Waals surface area contributed by atoms with Crippen LogP contribution in [0.2, 0.25) is 10.0 Å². The van der Waals surface area contributed by atoms with E-state index < -0.39 is 0 Å². The van der Waals surface area contributed by atoms with E-state index in [9.17, 15) is 5.11 Å². The molecule has 0 aliphatic heterocycles. The van der Waals surface area contributed by atoms with Crippen LogP contribution in [0.25, 0.3) is 0 Å². The van der Waals surface area contributed by atoms with Crippen molar-refractivity contribution in [1.29, 1.82) is 0 Å². The molecule has 1 aromatic rings. The third-order valence-electron chi connectivity index (χ3n) is 2.22. The van der Waals surface area contributed by atoms with Gasteiger partial charge in [0, 0.05) is 23.7 Å². The Balaban J connectivity index is 2.70. The fourth-order valence-electron chi connectivity index (χ4n) is 1.39. The highest BCUT2D eigenvalue weighted by molar-refractivity contribution is 6.35. The molecule has 1 unspecified atom stereocenters. The van der Waals surface area contributed by atoms with E-state index in [1.807, 2.05) is 6.07 Å². The minimum absolute atomic E-state index is 0.0228. The zero-order chi connectivity index (χ0) is 12.0. The molecule has 1 rings (SSSR count). The SMILES string of the molecule is COCCNC(CO)c1ccc(Cl)cc1Cl. The Hall–Kier alpha value is -0.320. The molecule has 0 aliphatic rings. The van der Waals surface area contributed by atoms with Gasteiger partial charge in [-0.3, -0.25) is 0 Å². The second-order valence-corrected chi connectivity index (χ2v) is 4.19. The standard InChI is InChI=1S/C11H15Cl2NO2/c1-16-5-4-14-11(7-15)9-3-2-8(12)6-10(9)13/h2-3,6,11,14-15H,4-5,7H2,1H3. The van der Waals surface area contributed by atoms with E-state index in [0.29, 0.717) is 23.2 Å². The summed E-state index contributed by atoms with van der Waals surface area (Å²) >= 11 is 11.9. The van der Waals surface area contributed by atoms with Crippen molar-refractivity contribution >= 4 is 23.2 Å². The van der Waals surface area contributed by atoms with E-state index in [1.54, 1.807) is 19.2 Å². The van der Waals surface area contributed by atoms with Gasteiger partial charge in [-0.15, -0.1) is 0 Å². The molecule has 5 heteroatoms. The van der Waals surface area contributed by atoms with Gasteiger partial charge in [-0.05, 0) is 17.7 Å². The number of hydrogen-bond acceptors (Lipinski definition) is 3. The molecule has 16 heavy (non-hydrogen) atoms. The highest BCUT2D eigenvalue weighted by Gasteiger charge is 2.13. The predicted octanol–water partition coefficient (Wildman–Crippen LogP) is 2.26. The Morgan fingerprint density at radius 1 is 1.44 bits per heavy atom. The zero-order valence-electron chi connectivity index (χ0n) is 9.04. The molecule has 90 valence electrons. The molecule has 1 atom stereocenters. The van der Waals surface area contributed by atoms with Crippen LogP contribution < -0.4 is 5.32 Å². The van der Waals surface area contributed by atoms with Gasteiger partial charge in [0.15, 0.2) is 0 Å². The summed E-state index contributed by atoms with van der Waals surface area (Å²) < 4.78 is 4.92. The monoisotopic (exact) mass is 263 g/mol. The van der Waals surface area contributed by atoms with Crippen molar-refractivity contribution in [3.63, 3.8) is 0 Å². The van der Waals surface area contributed by atoms with Crippen molar-refractivity contribution in [2.45, 2.75) is 6.04 Å². The maximum Gasteiger partial charge on any atom is 0.0627 e. The molecule has 0 spiro atoms. The van der Waals surface area contributed by atoms with Crippen molar-refractivity contribution in [3.05, 3.63) is 33.8 Å². The second-order valence-electron chi connectivity index (χ2n) is 3.35. The van der Waals surface area contributed by atoms with Crippen LogP contribution in [0.5, 0.6) is 0 Å². The molecule has 3 nitrogen and oxygen atoms in total. The Labute approximate surface area is 105 Å². The molecule has 0 heterocycles. The summed E-state index contributed by atoms with van der Waals surface area (Å²) in [7, 11) is 1.63. The van der Waals surface area contributed by atoms with Crippen LogP contribution in [-0.4, -0.2) is 32.0 Å². The van der Waals surface area contributed by atoms with Crippen molar-refractivity contribution in [3.8, 4) is 0 Å². The van der Waals surface area contributed by atoms with Gasteiger partial charge in [0.2, 0.25) is 0 Å². The topological polar surface area (TPSA) is 41.5 Å². The summed E-state index contributed by atoms with van der Waals surface area (Å²) in [5.41, 5.74) is 0.838. The Kier molecular flexibility index (Phi) is 6.09. The maximum absolute atomic E-state index is 9.28. The van der Waals surface area contributed by atoms with E-state index in [2.05, 4.69) is 5.32 Å². The number of methoxy groups -OCH3 is 1. The number of nitrogens with one attached hydrogen (secondary N) is 1. The number of halogens is 2. The van der Waals surface area contributed by atoms with Gasteiger partial charge >= 0.3 is 0 Å². The van der Waals surface area contributed by atoms with Crippen molar-refractivity contribution in [1.82, 2.24) is 5.32 Å². The molecule has 0 fully saturated rings. The Bertz CT molecular complexity index is 334. The molecule has 0 bridgehead atoms. The van der Waals surface area contributed by atoms with Gasteiger partial charge in [-0.2, -0.15) is 0 Å². The maximum atomic E-state index is 9.28. The third kappa shape index (κ3) is 3.92. The van der Waals surface area contributed by atoms with Gasteiger partial charge in [-0.25, -0.2) is 0 Å². The first-order valence-electron chi connectivity index (χ1n) is 4.97. The molecular formula is C11H15Cl2NO2. The number of ether oxygens (including phenoxy) is 1. The minimum Gasteiger partial charge on any atom is -0.394 e. The normalized spacial score (nSPS) is 12.8. The van der Waals surface area contributed by atoms with Gasteiger partial charge in [-0.1, -0.05) is 29.3 Å². The predicted molar refractivity (Wildman–Crippen MR) is 66.2 cm³/mol. The lowest BCUT2D eigenvalue weighted by Gasteiger charge is -2.17. The van der Waals surface area contributed by atoms with Crippen LogP contribution in [0.4, 0.5) is 0 Å². The average Bonchev–Trinajstić information content (AvgIpc) is 2.26. The number of benzene rings is 1. The summed E-state index contributed by atoms with van der Waals surface area (Å²) in [4.78, 5) is 0. The van der Waals surface area contributed by atoms with E-state index in [-0.39, 0.29) is 12.6 Å². The van der Waals surface area contributed by atoms with Crippen molar-refractivity contribution in [2.75, 3.05) is 26.9 Å². The van der Waals surface area contributed by atoms with Crippen LogP contribution in [0.15, 0.2) is 18.2 Å². The molecule has 0 aliphatic carbocycles. The zero-order valence-corrected chi connectivity index (χ0v) is 10.6. The number of rotatable bonds is 6. The quantitative estimate of drug-likeness (QED) is 0.774. The molecule has 0 saturated heterocycles. The Morgan fingerprint density at radius 2 is 2.19 bits per heavy atom. The summed E-state index contributed by atoms with van der Waals surface area (Å²) in [6.45, 7) is 1.22. The van der Waals surface area contributed by atoms with Crippen molar-refractivity contribution < 1.29 is 9.84 Å². The average molecular weight is 264 g/mol. The molecule has 0 aromatic heterocycles. The number of aliphatic hydroxyl groups excluding tert-OH is 1.